The Balaban J connectivity index is 2.41. The number of ether oxygens (including phenoxy) is 1. The van der Waals surface area contributed by atoms with E-state index in [9.17, 15) is 14.4 Å². The van der Waals surface area contributed by atoms with Gasteiger partial charge in [0.05, 0.1) is 6.10 Å². The number of nitrogens with zero attached hydrogens (tertiary/aromatic N) is 1. The minimum absolute atomic E-state index is 0.0272. The molecule has 1 fully saturated rings. The molecule has 23 heavy (non-hydrogen) atoms. The standard InChI is InChI=1S/C17H18N2O4/c1-4-9-19-16(21)13(15(20)18-17(19)22)10-12-7-5-6-8-14(12)23-11(2)3/h4-8,10-11H,1,9H2,2-3H3,(H,18,20,22)/b13-10-. The Morgan fingerprint density at radius 2 is 1.96 bits per heavy atom. The fourth-order valence-corrected chi connectivity index (χ4v) is 2.11. The maximum absolute atomic E-state index is 12.4. The Bertz CT molecular complexity index is 692. The molecule has 1 N–H and O–H groups in total. The van der Waals surface area contributed by atoms with E-state index >= 15 is 0 Å². The lowest BCUT2D eigenvalue weighted by atomic mass is 10.1. The Labute approximate surface area is 134 Å². The second-order valence-corrected chi connectivity index (χ2v) is 5.23. The average molecular weight is 314 g/mol. The fraction of sp³-hybridized carbons (Fsp3) is 0.235. The van der Waals surface area contributed by atoms with Crippen molar-refractivity contribution in [3.63, 3.8) is 0 Å². The van der Waals surface area contributed by atoms with Crippen molar-refractivity contribution in [2.45, 2.75) is 20.0 Å². The maximum atomic E-state index is 12.4. The van der Waals surface area contributed by atoms with E-state index in [0.29, 0.717) is 11.3 Å². The van der Waals surface area contributed by atoms with E-state index in [2.05, 4.69) is 11.9 Å². The molecule has 0 unspecified atom stereocenters. The van der Waals surface area contributed by atoms with Crippen molar-refractivity contribution in [3.8, 4) is 5.75 Å². The zero-order valence-corrected chi connectivity index (χ0v) is 13.0. The summed E-state index contributed by atoms with van der Waals surface area (Å²) in [5, 5.41) is 2.15. The van der Waals surface area contributed by atoms with E-state index in [-0.39, 0.29) is 18.2 Å². The summed E-state index contributed by atoms with van der Waals surface area (Å²) in [4.78, 5) is 37.0. The van der Waals surface area contributed by atoms with Gasteiger partial charge in [-0.2, -0.15) is 0 Å². The van der Waals surface area contributed by atoms with E-state index in [1.165, 1.54) is 12.2 Å². The molecule has 2 rings (SSSR count). The minimum atomic E-state index is -0.747. The number of imide groups is 2. The van der Waals surface area contributed by atoms with E-state index in [1.807, 2.05) is 13.8 Å². The van der Waals surface area contributed by atoms with Gasteiger partial charge in [-0.15, -0.1) is 6.58 Å². The summed E-state index contributed by atoms with van der Waals surface area (Å²) in [6, 6.07) is 6.32. The molecule has 0 saturated carbocycles. The summed E-state index contributed by atoms with van der Waals surface area (Å²) < 4.78 is 5.67. The maximum Gasteiger partial charge on any atom is 0.331 e. The monoisotopic (exact) mass is 314 g/mol. The smallest absolute Gasteiger partial charge is 0.331 e. The normalized spacial score (nSPS) is 16.7. The van der Waals surface area contributed by atoms with Crippen molar-refractivity contribution >= 4 is 23.9 Å². The number of barbiturate groups is 1. The first-order chi connectivity index (χ1) is 10.9. The fourth-order valence-electron chi connectivity index (χ4n) is 2.11. The largest absolute Gasteiger partial charge is 0.490 e. The van der Waals surface area contributed by atoms with Crippen LogP contribution in [0, 0.1) is 0 Å². The zero-order valence-electron chi connectivity index (χ0n) is 13.0. The molecule has 6 nitrogen and oxygen atoms in total. The second kappa shape index (κ2) is 6.91. The average Bonchev–Trinajstić information content (AvgIpc) is 2.49. The SMILES string of the molecule is C=CCN1C(=O)NC(=O)/C(=C/c2ccccc2OC(C)C)C1=O. The molecule has 1 aromatic carbocycles. The molecule has 1 aliphatic heterocycles. The number of carbonyl (C=O) groups is 3. The molecule has 1 saturated heterocycles. The molecule has 0 radical (unpaired) electrons. The van der Waals surface area contributed by atoms with E-state index < -0.39 is 17.8 Å². The molecule has 0 aromatic heterocycles. The van der Waals surface area contributed by atoms with Gasteiger partial charge >= 0.3 is 6.03 Å². The van der Waals surface area contributed by atoms with Crippen LogP contribution in [0.1, 0.15) is 19.4 Å². The number of nitrogens with one attached hydrogen (secondary N) is 1. The number of benzene rings is 1. The summed E-state index contributed by atoms with van der Waals surface area (Å²) in [6.07, 6.45) is 2.79. The lowest BCUT2D eigenvalue weighted by molar-refractivity contribution is -0.129. The van der Waals surface area contributed by atoms with Crippen LogP contribution in [-0.2, 0) is 9.59 Å². The van der Waals surface area contributed by atoms with Gasteiger partial charge < -0.3 is 4.74 Å². The topological polar surface area (TPSA) is 75.7 Å². The molecular formula is C17H18N2O4. The number of urea groups is 1. The van der Waals surface area contributed by atoms with Crippen molar-refractivity contribution in [2.24, 2.45) is 0 Å². The van der Waals surface area contributed by atoms with Crippen LogP contribution in [-0.4, -0.2) is 35.4 Å². The van der Waals surface area contributed by atoms with E-state index in [4.69, 9.17) is 4.74 Å². The van der Waals surface area contributed by atoms with E-state index in [0.717, 1.165) is 4.90 Å². The summed E-state index contributed by atoms with van der Waals surface area (Å²) in [7, 11) is 0. The highest BCUT2D eigenvalue weighted by Crippen LogP contribution is 2.23. The first-order valence-corrected chi connectivity index (χ1v) is 7.19. The summed E-state index contributed by atoms with van der Waals surface area (Å²) in [5.41, 5.74) is 0.471. The Morgan fingerprint density at radius 1 is 1.26 bits per heavy atom. The molecule has 1 heterocycles. The number of amides is 4. The van der Waals surface area contributed by atoms with Gasteiger partial charge in [-0.3, -0.25) is 19.8 Å². The molecule has 4 amide bonds. The van der Waals surface area contributed by atoms with Crippen LogP contribution in [0.5, 0.6) is 5.75 Å². The van der Waals surface area contributed by atoms with Crippen LogP contribution in [0.4, 0.5) is 4.79 Å². The van der Waals surface area contributed by atoms with Crippen molar-refractivity contribution in [3.05, 3.63) is 48.1 Å². The highest BCUT2D eigenvalue weighted by Gasteiger charge is 2.35. The first-order valence-electron chi connectivity index (χ1n) is 7.19. The predicted octanol–water partition coefficient (Wildman–Crippen LogP) is 2.12. The first kappa shape index (κ1) is 16.5. The molecule has 0 atom stereocenters. The Kier molecular flexibility index (Phi) is 4.95. The van der Waals surface area contributed by atoms with Crippen molar-refractivity contribution in [1.82, 2.24) is 10.2 Å². The third-order valence-corrected chi connectivity index (χ3v) is 3.08. The van der Waals surface area contributed by atoms with Crippen LogP contribution in [0.2, 0.25) is 0 Å². The van der Waals surface area contributed by atoms with Crippen LogP contribution in [0.25, 0.3) is 6.08 Å². The van der Waals surface area contributed by atoms with Crippen molar-refractivity contribution in [1.29, 1.82) is 0 Å². The molecule has 0 aliphatic carbocycles. The third kappa shape index (κ3) is 3.66. The van der Waals surface area contributed by atoms with Gasteiger partial charge in [-0.05, 0) is 26.0 Å². The van der Waals surface area contributed by atoms with Crippen molar-refractivity contribution < 1.29 is 19.1 Å². The van der Waals surface area contributed by atoms with Gasteiger partial charge in [0.25, 0.3) is 11.8 Å². The van der Waals surface area contributed by atoms with Gasteiger partial charge in [0, 0.05) is 12.1 Å². The van der Waals surface area contributed by atoms with Gasteiger partial charge in [-0.25, -0.2) is 4.79 Å². The summed E-state index contributed by atoms with van der Waals surface area (Å²) >= 11 is 0. The highest BCUT2D eigenvalue weighted by molar-refractivity contribution is 6.31. The zero-order chi connectivity index (χ0) is 17.0. The molecule has 0 bridgehead atoms. The Morgan fingerprint density at radius 3 is 2.61 bits per heavy atom. The highest BCUT2D eigenvalue weighted by atomic mass is 16.5. The van der Waals surface area contributed by atoms with Crippen LogP contribution in [0.3, 0.4) is 0 Å². The Hall–Kier alpha value is -2.89. The van der Waals surface area contributed by atoms with E-state index in [1.54, 1.807) is 24.3 Å². The molecule has 120 valence electrons. The van der Waals surface area contributed by atoms with Gasteiger partial charge in [0.2, 0.25) is 0 Å². The third-order valence-electron chi connectivity index (χ3n) is 3.08. The van der Waals surface area contributed by atoms with Crippen LogP contribution >= 0.6 is 0 Å². The van der Waals surface area contributed by atoms with Crippen molar-refractivity contribution in [2.75, 3.05) is 6.54 Å². The summed E-state index contributed by atoms with van der Waals surface area (Å²) in [6.45, 7) is 7.29. The van der Waals surface area contributed by atoms with Crippen LogP contribution in [0.15, 0.2) is 42.5 Å². The molecule has 6 heteroatoms. The summed E-state index contributed by atoms with van der Waals surface area (Å²) in [5.74, 6) is -0.819. The number of rotatable bonds is 5. The molecule has 1 aliphatic rings. The number of carbonyl (C=O) groups excluding carboxylic acids is 3. The number of hydrogen-bond donors (Lipinski definition) is 1. The van der Waals surface area contributed by atoms with Gasteiger partial charge in [0.1, 0.15) is 11.3 Å². The number of para-hydroxylation sites is 1. The second-order valence-electron chi connectivity index (χ2n) is 5.23. The quantitative estimate of drug-likeness (QED) is 0.513. The number of hydrogen-bond acceptors (Lipinski definition) is 4. The molecule has 0 spiro atoms. The minimum Gasteiger partial charge on any atom is -0.490 e. The van der Waals surface area contributed by atoms with Crippen LogP contribution < -0.4 is 10.1 Å². The van der Waals surface area contributed by atoms with Gasteiger partial charge in [0.15, 0.2) is 0 Å². The lowest BCUT2D eigenvalue weighted by Gasteiger charge is -2.25. The predicted molar refractivity (Wildman–Crippen MR) is 85.6 cm³/mol. The lowest BCUT2D eigenvalue weighted by Crippen LogP contribution is -2.54. The molecule has 1 aromatic rings. The molecular weight excluding hydrogens is 296 g/mol. The van der Waals surface area contributed by atoms with Gasteiger partial charge in [-0.1, -0.05) is 24.3 Å².